The highest BCUT2D eigenvalue weighted by Gasteiger charge is 2.11. The lowest BCUT2D eigenvalue weighted by molar-refractivity contribution is 0.0526. The van der Waals surface area contributed by atoms with Crippen molar-refractivity contribution in [3.8, 4) is 16.9 Å². The van der Waals surface area contributed by atoms with Gasteiger partial charge in [0.2, 0.25) is 0 Å². The van der Waals surface area contributed by atoms with Crippen LogP contribution in [0.3, 0.4) is 0 Å². The minimum Gasteiger partial charge on any atom is -0.492 e. The molecule has 5 heteroatoms. The molecule has 2 aromatic rings. The summed E-state index contributed by atoms with van der Waals surface area (Å²) in [5, 5.41) is 1.35. The molecule has 0 spiro atoms. The van der Waals surface area contributed by atoms with Gasteiger partial charge in [0.05, 0.1) is 18.8 Å². The van der Waals surface area contributed by atoms with E-state index in [9.17, 15) is 4.79 Å². The van der Waals surface area contributed by atoms with Gasteiger partial charge in [0.15, 0.2) is 0 Å². The van der Waals surface area contributed by atoms with Gasteiger partial charge in [0, 0.05) is 15.9 Å². The molecule has 3 nitrogen and oxygen atoms in total. The minimum absolute atomic E-state index is 0.339. The van der Waals surface area contributed by atoms with Crippen molar-refractivity contribution >= 4 is 33.5 Å². The molecule has 116 valence electrons. The molecule has 0 amide bonds. The lowest BCUT2D eigenvalue weighted by atomic mass is 10.0. The fourth-order valence-electron chi connectivity index (χ4n) is 2.03. The second-order valence-electron chi connectivity index (χ2n) is 4.48. The number of ether oxygens (including phenoxy) is 2. The van der Waals surface area contributed by atoms with Crippen molar-refractivity contribution in [1.82, 2.24) is 0 Å². The van der Waals surface area contributed by atoms with Crippen LogP contribution < -0.4 is 4.74 Å². The average Bonchev–Trinajstić information content (AvgIpc) is 2.54. The van der Waals surface area contributed by atoms with Crippen LogP contribution in [0.25, 0.3) is 11.1 Å². The number of benzene rings is 2. The zero-order valence-electron chi connectivity index (χ0n) is 12.1. The second-order valence-corrected chi connectivity index (χ2v) is 5.71. The molecule has 0 heterocycles. The predicted octanol–water partition coefficient (Wildman–Crippen LogP) is 4.96. The number of hydrogen-bond acceptors (Lipinski definition) is 3. The Morgan fingerprint density at radius 1 is 1.23 bits per heavy atom. The van der Waals surface area contributed by atoms with E-state index in [2.05, 4.69) is 15.9 Å². The van der Waals surface area contributed by atoms with Gasteiger partial charge in [0.25, 0.3) is 0 Å². The van der Waals surface area contributed by atoms with Crippen LogP contribution in [0.1, 0.15) is 17.3 Å². The van der Waals surface area contributed by atoms with E-state index in [4.69, 9.17) is 21.1 Å². The average molecular weight is 384 g/mol. The van der Waals surface area contributed by atoms with Crippen molar-refractivity contribution in [2.45, 2.75) is 6.92 Å². The molecule has 0 N–H and O–H groups in total. The fraction of sp³-hybridized carbons (Fsp3) is 0.235. The minimum atomic E-state index is -0.339. The number of halogens is 2. The molecule has 0 aromatic heterocycles. The van der Waals surface area contributed by atoms with Gasteiger partial charge < -0.3 is 9.47 Å². The smallest absolute Gasteiger partial charge is 0.338 e. The number of esters is 1. The third kappa shape index (κ3) is 4.24. The first-order valence-electron chi connectivity index (χ1n) is 6.91. The molecule has 0 aliphatic rings. The molecule has 22 heavy (non-hydrogen) atoms. The van der Waals surface area contributed by atoms with Crippen LogP contribution in [0.2, 0.25) is 5.02 Å². The summed E-state index contributed by atoms with van der Waals surface area (Å²) in [7, 11) is 0. The molecule has 0 atom stereocenters. The fourth-order valence-corrected chi connectivity index (χ4v) is 2.36. The Morgan fingerprint density at radius 3 is 2.77 bits per heavy atom. The summed E-state index contributed by atoms with van der Waals surface area (Å²) in [6.45, 7) is 2.68. The van der Waals surface area contributed by atoms with Gasteiger partial charge in [-0.2, -0.15) is 0 Å². The SMILES string of the molecule is CCOC(=O)c1cccc(-c2cc(Cl)ccc2OCCBr)c1. The van der Waals surface area contributed by atoms with Gasteiger partial charge in [-0.25, -0.2) is 4.79 Å². The van der Waals surface area contributed by atoms with Gasteiger partial charge in [-0.05, 0) is 42.8 Å². The molecule has 2 aromatic carbocycles. The number of alkyl halides is 1. The van der Waals surface area contributed by atoms with Gasteiger partial charge in [-0.15, -0.1) is 0 Å². The van der Waals surface area contributed by atoms with Crippen molar-refractivity contribution in [1.29, 1.82) is 0 Å². The Balaban J connectivity index is 2.40. The second kappa shape index (κ2) is 8.20. The van der Waals surface area contributed by atoms with Crippen molar-refractivity contribution in [3.05, 3.63) is 53.1 Å². The Morgan fingerprint density at radius 2 is 2.05 bits per heavy atom. The van der Waals surface area contributed by atoms with E-state index >= 15 is 0 Å². The van der Waals surface area contributed by atoms with Crippen LogP contribution in [0.4, 0.5) is 0 Å². The quantitative estimate of drug-likeness (QED) is 0.522. The zero-order valence-corrected chi connectivity index (χ0v) is 14.5. The van der Waals surface area contributed by atoms with E-state index in [1.165, 1.54) is 0 Å². The summed E-state index contributed by atoms with van der Waals surface area (Å²) < 4.78 is 10.8. The highest BCUT2D eigenvalue weighted by molar-refractivity contribution is 9.09. The van der Waals surface area contributed by atoms with E-state index in [-0.39, 0.29) is 5.97 Å². The maximum atomic E-state index is 11.9. The summed E-state index contributed by atoms with van der Waals surface area (Å²) >= 11 is 9.43. The lowest BCUT2D eigenvalue weighted by Gasteiger charge is -2.12. The Bertz CT molecular complexity index is 658. The molecule has 0 saturated heterocycles. The van der Waals surface area contributed by atoms with Gasteiger partial charge in [0.1, 0.15) is 5.75 Å². The third-order valence-electron chi connectivity index (χ3n) is 2.96. The van der Waals surface area contributed by atoms with Gasteiger partial charge in [-0.1, -0.05) is 39.7 Å². The van der Waals surface area contributed by atoms with Crippen LogP contribution in [0, 0.1) is 0 Å². The lowest BCUT2D eigenvalue weighted by Crippen LogP contribution is -2.04. The zero-order chi connectivity index (χ0) is 15.9. The third-order valence-corrected chi connectivity index (χ3v) is 3.52. The number of rotatable bonds is 6. The highest BCUT2D eigenvalue weighted by atomic mass is 79.9. The number of hydrogen-bond donors (Lipinski definition) is 0. The summed E-state index contributed by atoms with van der Waals surface area (Å²) in [5.74, 6) is 0.388. The van der Waals surface area contributed by atoms with E-state index in [0.717, 1.165) is 22.2 Å². The first kappa shape index (κ1) is 16.8. The molecule has 0 fully saturated rings. The summed E-state index contributed by atoms with van der Waals surface area (Å²) in [6.07, 6.45) is 0. The van der Waals surface area contributed by atoms with E-state index in [1.54, 1.807) is 25.1 Å². The van der Waals surface area contributed by atoms with E-state index in [0.29, 0.717) is 23.8 Å². The topological polar surface area (TPSA) is 35.5 Å². The van der Waals surface area contributed by atoms with Gasteiger partial charge in [-0.3, -0.25) is 0 Å². The summed E-state index contributed by atoms with van der Waals surface area (Å²) in [4.78, 5) is 11.9. The molecule has 2 rings (SSSR count). The van der Waals surface area contributed by atoms with Crippen LogP contribution >= 0.6 is 27.5 Å². The molecule has 0 radical (unpaired) electrons. The van der Waals surface area contributed by atoms with Crippen LogP contribution in [0.5, 0.6) is 5.75 Å². The molecule has 0 aliphatic carbocycles. The monoisotopic (exact) mass is 382 g/mol. The maximum absolute atomic E-state index is 11.9. The highest BCUT2D eigenvalue weighted by Crippen LogP contribution is 2.33. The first-order valence-corrected chi connectivity index (χ1v) is 8.41. The Labute approximate surface area is 143 Å². The first-order chi connectivity index (χ1) is 10.7. The van der Waals surface area contributed by atoms with Crippen LogP contribution in [0.15, 0.2) is 42.5 Å². The van der Waals surface area contributed by atoms with Crippen molar-refractivity contribution < 1.29 is 14.3 Å². The summed E-state index contributed by atoms with van der Waals surface area (Å²) in [5.41, 5.74) is 2.21. The standard InChI is InChI=1S/C17H16BrClO3/c1-2-21-17(20)13-5-3-4-12(10-13)15-11-14(19)6-7-16(15)22-9-8-18/h3-7,10-11H,2,8-9H2,1H3. The van der Waals surface area contributed by atoms with E-state index in [1.807, 2.05) is 24.3 Å². The predicted molar refractivity (Wildman–Crippen MR) is 92.1 cm³/mol. The normalized spacial score (nSPS) is 10.3. The van der Waals surface area contributed by atoms with Gasteiger partial charge >= 0.3 is 5.97 Å². The Hall–Kier alpha value is -1.52. The number of carbonyl (C=O) groups excluding carboxylic acids is 1. The summed E-state index contributed by atoms with van der Waals surface area (Å²) in [6, 6.07) is 12.7. The molecular formula is C17H16BrClO3. The van der Waals surface area contributed by atoms with Crippen LogP contribution in [-0.4, -0.2) is 24.5 Å². The van der Waals surface area contributed by atoms with Crippen molar-refractivity contribution in [3.63, 3.8) is 0 Å². The van der Waals surface area contributed by atoms with Crippen molar-refractivity contribution in [2.75, 3.05) is 18.5 Å². The molecular weight excluding hydrogens is 368 g/mol. The van der Waals surface area contributed by atoms with E-state index < -0.39 is 0 Å². The molecule has 0 unspecified atom stereocenters. The molecule has 0 saturated carbocycles. The molecule has 0 bridgehead atoms. The largest absolute Gasteiger partial charge is 0.492 e. The number of carbonyl (C=O) groups is 1. The Kier molecular flexibility index (Phi) is 6.28. The van der Waals surface area contributed by atoms with Crippen LogP contribution in [-0.2, 0) is 4.74 Å². The van der Waals surface area contributed by atoms with Crippen molar-refractivity contribution in [2.24, 2.45) is 0 Å². The molecule has 0 aliphatic heterocycles. The maximum Gasteiger partial charge on any atom is 0.338 e.